The maximum Gasteiger partial charge on any atom is 0.260 e. The van der Waals surface area contributed by atoms with Gasteiger partial charge in [-0.3, -0.25) is 34.4 Å². The number of anilines is 1. The van der Waals surface area contributed by atoms with E-state index in [1.807, 2.05) is 85.8 Å². The third kappa shape index (κ3) is 5.70. The van der Waals surface area contributed by atoms with Crippen LogP contribution in [0.5, 0.6) is 5.75 Å². The van der Waals surface area contributed by atoms with Gasteiger partial charge < -0.3 is 5.11 Å². The molecule has 55 heavy (non-hydrogen) atoms. The number of rotatable bonds is 7. The summed E-state index contributed by atoms with van der Waals surface area (Å²) in [5.74, 6) is -4.47. The number of nitrogens with zero attached hydrogens (tertiary/aromatic N) is 3. The summed E-state index contributed by atoms with van der Waals surface area (Å²) in [7, 11) is 0. The number of amides is 4. The van der Waals surface area contributed by atoms with Crippen molar-refractivity contribution in [3.8, 4) is 5.75 Å². The quantitative estimate of drug-likeness (QED) is 0.155. The largest absolute Gasteiger partial charge is 0.508 e. The Balaban J connectivity index is 1.11. The molecule has 10 heteroatoms. The first kappa shape index (κ1) is 35.5. The molecule has 0 unspecified atom stereocenters. The highest BCUT2D eigenvalue weighted by Crippen LogP contribution is 2.65. The Kier molecular flexibility index (Phi) is 8.89. The predicted molar refractivity (Wildman–Crippen MR) is 209 cm³/mol. The lowest BCUT2D eigenvalue weighted by atomic mass is 9.49. The summed E-state index contributed by atoms with van der Waals surface area (Å²) in [4.78, 5) is 63.2. The van der Waals surface area contributed by atoms with E-state index in [2.05, 4.69) is 22.5 Å². The SMILES string of the molecule is Cc1ccc(NN2C(=O)[C@@H]3C[C@@H]4C(=CC[C@@H]5C(=O)N(C6CCN(Cc7ccccc7)CC6)C(=O)[C@@H]54)[C@H](c4ccc(O)cc4Cl)[C@]3(c3ccccc3)C2=O)cc1. The summed E-state index contributed by atoms with van der Waals surface area (Å²) in [5.41, 5.74) is 6.66. The van der Waals surface area contributed by atoms with Crippen LogP contribution in [0.2, 0.25) is 5.02 Å². The maximum atomic E-state index is 15.3. The first-order valence-corrected chi connectivity index (χ1v) is 19.6. The van der Waals surface area contributed by atoms with Crippen LogP contribution in [0.3, 0.4) is 0 Å². The lowest BCUT2D eigenvalue weighted by molar-refractivity contribution is -0.144. The normalized spacial score (nSPS) is 28.2. The van der Waals surface area contributed by atoms with Crippen molar-refractivity contribution in [1.82, 2.24) is 14.8 Å². The Morgan fingerprint density at radius 2 is 1.51 bits per heavy atom. The summed E-state index contributed by atoms with van der Waals surface area (Å²) < 4.78 is 0. The van der Waals surface area contributed by atoms with Crippen molar-refractivity contribution >= 4 is 40.9 Å². The van der Waals surface area contributed by atoms with Crippen LogP contribution >= 0.6 is 11.6 Å². The number of phenols is 1. The molecule has 4 aromatic carbocycles. The Labute approximate surface area is 325 Å². The minimum Gasteiger partial charge on any atom is -0.508 e. The van der Waals surface area contributed by atoms with E-state index in [9.17, 15) is 19.5 Å². The number of carbonyl (C=O) groups excluding carboxylic acids is 4. The Hall–Kier alpha value is -5.25. The number of aryl methyl sites for hydroxylation is 1. The monoisotopic (exact) mass is 754 g/mol. The van der Waals surface area contributed by atoms with Crippen molar-refractivity contribution in [3.63, 3.8) is 0 Å². The van der Waals surface area contributed by atoms with Crippen LogP contribution in [0.25, 0.3) is 0 Å². The van der Waals surface area contributed by atoms with Crippen molar-refractivity contribution in [3.05, 3.63) is 142 Å². The Bertz CT molecular complexity index is 2200. The number of allylic oxidation sites excluding steroid dienone is 2. The molecule has 6 atom stereocenters. The summed E-state index contributed by atoms with van der Waals surface area (Å²) in [6.07, 6.45) is 4.01. The first-order chi connectivity index (χ1) is 26.7. The molecule has 9 rings (SSSR count). The third-order valence-electron chi connectivity index (χ3n) is 12.9. The summed E-state index contributed by atoms with van der Waals surface area (Å²) in [5, 5.41) is 11.9. The second-order valence-corrected chi connectivity index (χ2v) is 16.2. The van der Waals surface area contributed by atoms with E-state index >= 15 is 4.79 Å². The van der Waals surface area contributed by atoms with Gasteiger partial charge in [0.05, 0.1) is 28.9 Å². The van der Waals surface area contributed by atoms with Gasteiger partial charge in [0, 0.05) is 36.6 Å². The minimum absolute atomic E-state index is 0.0253. The maximum absolute atomic E-state index is 15.3. The van der Waals surface area contributed by atoms with Crippen LogP contribution in [-0.4, -0.2) is 62.7 Å². The summed E-state index contributed by atoms with van der Waals surface area (Å²) >= 11 is 7.00. The number of phenolic OH excluding ortho intramolecular Hbond substituents is 1. The number of piperidine rings is 1. The number of hydrazine groups is 1. The molecule has 2 N–H and O–H groups in total. The molecule has 9 nitrogen and oxygen atoms in total. The molecule has 4 fully saturated rings. The number of halogens is 1. The molecule has 0 radical (unpaired) electrons. The Morgan fingerprint density at radius 3 is 2.20 bits per heavy atom. The lowest BCUT2D eigenvalue weighted by Gasteiger charge is -2.50. The van der Waals surface area contributed by atoms with Crippen LogP contribution in [0.15, 0.2) is 115 Å². The van der Waals surface area contributed by atoms with Crippen LogP contribution < -0.4 is 5.43 Å². The molecule has 0 spiro atoms. The van der Waals surface area contributed by atoms with Crippen molar-refractivity contribution in [2.75, 3.05) is 18.5 Å². The molecule has 2 aliphatic carbocycles. The summed E-state index contributed by atoms with van der Waals surface area (Å²) in [6.45, 7) is 4.35. The average molecular weight is 755 g/mol. The number of hydrogen-bond acceptors (Lipinski definition) is 7. The van der Waals surface area contributed by atoms with Crippen molar-refractivity contribution < 1.29 is 24.3 Å². The van der Waals surface area contributed by atoms with E-state index in [4.69, 9.17) is 11.6 Å². The van der Waals surface area contributed by atoms with Gasteiger partial charge in [0.1, 0.15) is 5.75 Å². The second kappa shape index (κ2) is 13.8. The second-order valence-electron chi connectivity index (χ2n) is 15.8. The van der Waals surface area contributed by atoms with E-state index in [0.29, 0.717) is 36.1 Å². The van der Waals surface area contributed by atoms with Gasteiger partial charge in [-0.25, -0.2) is 0 Å². The summed E-state index contributed by atoms with van der Waals surface area (Å²) in [6, 6.07) is 31.7. The number of aromatic hydroxyl groups is 1. The molecule has 4 amide bonds. The molecule has 5 aliphatic rings. The van der Waals surface area contributed by atoms with E-state index in [0.717, 1.165) is 35.8 Å². The number of hydrogen-bond donors (Lipinski definition) is 2. The van der Waals surface area contributed by atoms with Crippen LogP contribution in [0.4, 0.5) is 5.69 Å². The topological polar surface area (TPSA) is 110 Å². The highest BCUT2D eigenvalue weighted by atomic mass is 35.5. The zero-order valence-corrected chi connectivity index (χ0v) is 31.4. The fourth-order valence-corrected chi connectivity index (χ4v) is 10.7. The zero-order chi connectivity index (χ0) is 38.0. The van der Waals surface area contributed by atoms with Crippen LogP contribution in [0.1, 0.15) is 53.9 Å². The molecule has 0 aromatic heterocycles. The van der Waals surface area contributed by atoms with Gasteiger partial charge >= 0.3 is 0 Å². The van der Waals surface area contributed by atoms with Crippen LogP contribution in [-0.2, 0) is 31.1 Å². The molecule has 1 saturated carbocycles. The molecule has 3 heterocycles. The van der Waals surface area contributed by atoms with Gasteiger partial charge in [0.2, 0.25) is 11.8 Å². The number of fused-ring (bicyclic) bond motifs is 4. The third-order valence-corrected chi connectivity index (χ3v) is 13.2. The molecule has 3 aliphatic heterocycles. The van der Waals surface area contributed by atoms with Crippen molar-refractivity contribution in [2.45, 2.75) is 56.5 Å². The number of benzene rings is 4. The van der Waals surface area contributed by atoms with Gasteiger partial charge in [-0.1, -0.05) is 108 Å². The van der Waals surface area contributed by atoms with Crippen LogP contribution in [0, 0.1) is 30.6 Å². The van der Waals surface area contributed by atoms with E-state index in [1.165, 1.54) is 11.6 Å². The van der Waals surface area contributed by atoms with E-state index in [1.54, 1.807) is 17.0 Å². The molecular weight excluding hydrogens is 712 g/mol. The van der Waals surface area contributed by atoms with Crippen molar-refractivity contribution in [1.29, 1.82) is 0 Å². The number of nitrogens with one attached hydrogen (secondary N) is 1. The number of imide groups is 2. The van der Waals surface area contributed by atoms with Gasteiger partial charge in [0.25, 0.3) is 11.8 Å². The first-order valence-electron chi connectivity index (χ1n) is 19.3. The van der Waals surface area contributed by atoms with Crippen molar-refractivity contribution in [2.24, 2.45) is 23.7 Å². The molecule has 280 valence electrons. The van der Waals surface area contributed by atoms with Gasteiger partial charge in [0.15, 0.2) is 0 Å². The highest BCUT2D eigenvalue weighted by Gasteiger charge is 2.70. The minimum atomic E-state index is -1.43. The van der Waals surface area contributed by atoms with E-state index < -0.39 is 46.8 Å². The average Bonchev–Trinajstić information content (AvgIpc) is 3.57. The molecule has 3 saturated heterocycles. The molecular formula is C45H43ClN4O5. The fraction of sp³-hybridized carbons (Fsp3) is 0.333. The number of carbonyl (C=O) groups is 4. The molecule has 4 aromatic rings. The standard InChI is InChI=1S/C45H43ClN4O5/c1-27-12-14-30(15-13-27)47-50-42(53)37-25-36-33(40(34-17-16-32(51)24-38(34)46)45(37,44(50)55)29-10-6-3-7-11-29)18-19-35-39(36)43(54)49(41(35)52)31-20-22-48(23-21-31)26-28-8-4-2-5-9-28/h2-18,24,31,35-37,39-40,47,51H,19-23,25-26H2,1H3/t35-,36+,37-,39-,40+,45+/m0/s1. The van der Waals surface area contributed by atoms with Gasteiger partial charge in [-0.05, 0) is 79.5 Å². The van der Waals surface area contributed by atoms with Gasteiger partial charge in [-0.2, -0.15) is 5.01 Å². The van der Waals surface area contributed by atoms with E-state index in [-0.39, 0.29) is 35.0 Å². The highest BCUT2D eigenvalue weighted by molar-refractivity contribution is 6.31. The zero-order valence-electron chi connectivity index (χ0n) is 30.6. The predicted octanol–water partition coefficient (Wildman–Crippen LogP) is 7.00. The number of likely N-dealkylation sites (tertiary alicyclic amines) is 2. The molecule has 0 bridgehead atoms. The smallest absolute Gasteiger partial charge is 0.260 e. The Morgan fingerprint density at radius 1 is 0.818 bits per heavy atom. The fourth-order valence-electron chi connectivity index (χ4n) is 10.4. The van der Waals surface area contributed by atoms with Gasteiger partial charge in [-0.15, -0.1) is 0 Å². The lowest BCUT2D eigenvalue weighted by Crippen LogP contribution is -2.53.